The van der Waals surface area contributed by atoms with Crippen LogP contribution in [-0.4, -0.2) is 40.2 Å². The van der Waals surface area contributed by atoms with Crippen molar-refractivity contribution in [3.8, 4) is 0 Å². The van der Waals surface area contributed by atoms with Crippen LogP contribution in [0.25, 0.3) is 0 Å². The number of nitrogens with one attached hydrogen (secondary N) is 1. The Morgan fingerprint density at radius 2 is 2.32 bits per heavy atom. The number of amides is 1. The summed E-state index contributed by atoms with van der Waals surface area (Å²) >= 11 is 1.48. The summed E-state index contributed by atoms with van der Waals surface area (Å²) in [7, 11) is -0.720. The lowest BCUT2D eigenvalue weighted by atomic mass is 10.4. The van der Waals surface area contributed by atoms with Crippen LogP contribution in [0.2, 0.25) is 0 Å². The van der Waals surface area contributed by atoms with Gasteiger partial charge in [0.1, 0.15) is 0 Å². The fraction of sp³-hybridized carbons (Fsp3) is 0.667. The van der Waals surface area contributed by atoms with Gasteiger partial charge in [-0.05, 0) is 19.9 Å². The summed E-state index contributed by atoms with van der Waals surface area (Å²) in [4.78, 5) is 17.5. The summed E-state index contributed by atoms with van der Waals surface area (Å²) < 4.78 is 10.9. The van der Waals surface area contributed by atoms with Gasteiger partial charge in [-0.1, -0.05) is 0 Å². The number of carbonyl (C=O) groups excluding carboxylic acids is 1. The minimum absolute atomic E-state index is 0.0155. The average Bonchev–Trinajstić information content (AvgIpc) is 2.77. The van der Waals surface area contributed by atoms with Gasteiger partial charge >= 0.3 is 0 Å². The lowest BCUT2D eigenvalue weighted by molar-refractivity contribution is -0.116. The molecule has 1 atom stereocenters. The highest BCUT2D eigenvalue weighted by Gasteiger charge is 2.12. The minimum atomic E-state index is -0.720. The van der Waals surface area contributed by atoms with Crippen molar-refractivity contribution in [3.63, 3.8) is 0 Å². The van der Waals surface area contributed by atoms with Gasteiger partial charge in [-0.15, -0.1) is 11.3 Å². The smallest absolute Gasteiger partial charge is 0.225 e. The van der Waals surface area contributed by atoms with E-state index < -0.39 is 10.8 Å². The molecular formula is C12H21N3O2S2. The number of rotatable bonds is 8. The first kappa shape index (κ1) is 16.3. The molecule has 0 bridgehead atoms. The van der Waals surface area contributed by atoms with Gasteiger partial charge < -0.3 is 5.32 Å². The Labute approximate surface area is 120 Å². The maximum atomic E-state index is 11.4. The molecule has 1 aromatic heterocycles. The number of carbonyl (C=O) groups is 1. The van der Waals surface area contributed by atoms with E-state index in [1.165, 1.54) is 11.3 Å². The first-order valence-corrected chi connectivity index (χ1v) is 8.88. The molecule has 0 fully saturated rings. The zero-order valence-electron chi connectivity index (χ0n) is 11.6. The van der Waals surface area contributed by atoms with Crippen LogP contribution in [-0.2, 0) is 22.1 Å². The van der Waals surface area contributed by atoms with Crippen molar-refractivity contribution in [1.82, 2.24) is 10.3 Å². The SMILES string of the molecule is CCN(C(C)=O)c1nc(CNCCCS(C)=O)cs1. The van der Waals surface area contributed by atoms with Crippen LogP contribution >= 0.6 is 11.3 Å². The number of hydrogen-bond acceptors (Lipinski definition) is 5. The van der Waals surface area contributed by atoms with Gasteiger partial charge in [0, 0.05) is 48.2 Å². The van der Waals surface area contributed by atoms with Gasteiger partial charge in [0.25, 0.3) is 0 Å². The van der Waals surface area contributed by atoms with Gasteiger partial charge in [0.05, 0.1) is 5.69 Å². The van der Waals surface area contributed by atoms with E-state index in [4.69, 9.17) is 0 Å². The summed E-state index contributed by atoms with van der Waals surface area (Å²) in [5, 5.41) is 5.98. The molecule has 0 aromatic carbocycles. The Hall–Kier alpha value is -0.790. The van der Waals surface area contributed by atoms with Crippen molar-refractivity contribution in [2.75, 3.05) is 30.0 Å². The third kappa shape index (κ3) is 5.80. The second-order valence-electron chi connectivity index (χ2n) is 4.19. The lowest BCUT2D eigenvalue weighted by Gasteiger charge is -2.14. The fourth-order valence-electron chi connectivity index (χ4n) is 1.61. The number of thiazole rings is 1. The maximum Gasteiger partial charge on any atom is 0.225 e. The van der Waals surface area contributed by atoms with E-state index >= 15 is 0 Å². The highest BCUT2D eigenvalue weighted by Crippen LogP contribution is 2.20. The zero-order chi connectivity index (χ0) is 14.3. The van der Waals surface area contributed by atoms with Gasteiger partial charge in [-0.25, -0.2) is 4.98 Å². The standard InChI is InChI=1S/C12H21N3O2S2/c1-4-15(10(2)16)12-14-11(9-18-12)8-13-6-5-7-19(3)17/h9,13H,4-8H2,1-3H3. The molecule has 1 unspecified atom stereocenters. The molecule has 0 radical (unpaired) electrons. The second-order valence-corrected chi connectivity index (χ2v) is 6.58. The first-order valence-electron chi connectivity index (χ1n) is 6.27. The molecule has 0 aliphatic rings. The molecule has 0 aliphatic carbocycles. The molecule has 7 heteroatoms. The van der Waals surface area contributed by atoms with E-state index in [1.54, 1.807) is 18.1 Å². The maximum absolute atomic E-state index is 11.4. The molecule has 1 N–H and O–H groups in total. The van der Waals surface area contributed by atoms with E-state index in [-0.39, 0.29) is 5.91 Å². The van der Waals surface area contributed by atoms with Crippen LogP contribution in [0.4, 0.5) is 5.13 Å². The third-order valence-corrected chi connectivity index (χ3v) is 4.33. The summed E-state index contributed by atoms with van der Waals surface area (Å²) in [6.45, 7) is 5.64. The quantitative estimate of drug-likeness (QED) is 0.737. The van der Waals surface area contributed by atoms with Crippen molar-refractivity contribution in [1.29, 1.82) is 0 Å². The summed E-state index contributed by atoms with van der Waals surface area (Å²) in [5.41, 5.74) is 0.942. The monoisotopic (exact) mass is 303 g/mol. The first-order chi connectivity index (χ1) is 9.04. The molecule has 0 saturated carbocycles. The van der Waals surface area contributed by atoms with Crippen molar-refractivity contribution in [2.45, 2.75) is 26.8 Å². The average molecular weight is 303 g/mol. The Morgan fingerprint density at radius 1 is 1.58 bits per heavy atom. The largest absolute Gasteiger partial charge is 0.311 e. The molecule has 1 amide bonds. The molecule has 19 heavy (non-hydrogen) atoms. The molecule has 1 heterocycles. The fourth-order valence-corrected chi connectivity index (χ4v) is 3.09. The van der Waals surface area contributed by atoms with Crippen LogP contribution < -0.4 is 10.2 Å². The highest BCUT2D eigenvalue weighted by molar-refractivity contribution is 7.84. The number of hydrogen-bond donors (Lipinski definition) is 1. The minimum Gasteiger partial charge on any atom is -0.311 e. The molecular weight excluding hydrogens is 282 g/mol. The van der Waals surface area contributed by atoms with Gasteiger partial charge in [-0.3, -0.25) is 13.9 Å². The summed E-state index contributed by atoms with van der Waals surface area (Å²) in [5.74, 6) is 0.741. The molecule has 1 aromatic rings. The van der Waals surface area contributed by atoms with Crippen LogP contribution in [0.15, 0.2) is 5.38 Å². The molecule has 5 nitrogen and oxygen atoms in total. The van der Waals surface area contributed by atoms with Crippen LogP contribution in [0.5, 0.6) is 0 Å². The van der Waals surface area contributed by atoms with E-state index in [1.807, 2.05) is 12.3 Å². The normalized spacial score (nSPS) is 12.4. The predicted octanol–water partition coefficient (Wildman–Crippen LogP) is 1.37. The van der Waals surface area contributed by atoms with Crippen LogP contribution in [0, 0.1) is 0 Å². The second kappa shape index (κ2) is 8.39. The molecule has 108 valence electrons. The number of anilines is 1. The topological polar surface area (TPSA) is 62.3 Å². The van der Waals surface area contributed by atoms with Crippen molar-refractivity contribution in [2.24, 2.45) is 0 Å². The van der Waals surface area contributed by atoms with Crippen LogP contribution in [0.1, 0.15) is 26.0 Å². The molecule has 0 aliphatic heterocycles. The number of aromatic nitrogens is 1. The Balaban J connectivity index is 2.38. The third-order valence-electron chi connectivity index (χ3n) is 2.56. The Morgan fingerprint density at radius 3 is 2.89 bits per heavy atom. The van der Waals surface area contributed by atoms with Gasteiger partial charge in [0.2, 0.25) is 5.91 Å². The highest BCUT2D eigenvalue weighted by atomic mass is 32.2. The molecule has 0 saturated heterocycles. The van der Waals surface area contributed by atoms with Crippen LogP contribution in [0.3, 0.4) is 0 Å². The zero-order valence-corrected chi connectivity index (χ0v) is 13.3. The number of nitrogens with zero attached hydrogens (tertiary/aromatic N) is 2. The summed E-state index contributed by atoms with van der Waals surface area (Å²) in [6, 6.07) is 0. The van der Waals surface area contributed by atoms with E-state index in [2.05, 4.69) is 10.3 Å². The Bertz CT molecular complexity index is 434. The van der Waals surface area contributed by atoms with E-state index in [0.717, 1.165) is 29.5 Å². The Kier molecular flexibility index (Phi) is 7.19. The molecule has 1 rings (SSSR count). The van der Waals surface area contributed by atoms with Gasteiger partial charge in [0.15, 0.2) is 5.13 Å². The van der Waals surface area contributed by atoms with E-state index in [0.29, 0.717) is 13.1 Å². The van der Waals surface area contributed by atoms with E-state index in [9.17, 15) is 9.00 Å². The molecule has 0 spiro atoms. The van der Waals surface area contributed by atoms with Crippen molar-refractivity contribution >= 4 is 33.2 Å². The summed E-state index contributed by atoms with van der Waals surface area (Å²) in [6.07, 6.45) is 2.61. The van der Waals surface area contributed by atoms with Crippen molar-refractivity contribution in [3.05, 3.63) is 11.1 Å². The lowest BCUT2D eigenvalue weighted by Crippen LogP contribution is -2.27. The predicted molar refractivity (Wildman–Crippen MR) is 81.1 cm³/mol. The van der Waals surface area contributed by atoms with Crippen molar-refractivity contribution < 1.29 is 9.00 Å². The van der Waals surface area contributed by atoms with Gasteiger partial charge in [-0.2, -0.15) is 0 Å².